The van der Waals surface area contributed by atoms with Crippen LogP contribution in [0.2, 0.25) is 5.02 Å². The van der Waals surface area contributed by atoms with E-state index in [1.807, 2.05) is 0 Å². The Morgan fingerprint density at radius 3 is 2.61 bits per heavy atom. The fourth-order valence-electron chi connectivity index (χ4n) is 2.82. The van der Waals surface area contributed by atoms with E-state index in [2.05, 4.69) is 9.73 Å². The van der Waals surface area contributed by atoms with E-state index in [0.29, 0.717) is 15.2 Å². The molecule has 0 aliphatic heterocycles. The molecule has 0 spiro atoms. The summed E-state index contributed by atoms with van der Waals surface area (Å²) in [5.74, 6) is -1.62. The van der Waals surface area contributed by atoms with Crippen LogP contribution in [-0.2, 0) is 9.53 Å². The minimum atomic E-state index is -4.85. The zero-order chi connectivity index (χ0) is 22.8. The maximum Gasteiger partial charge on any atom is 0.573 e. The lowest BCUT2D eigenvalue weighted by Gasteiger charge is -2.14. The van der Waals surface area contributed by atoms with E-state index < -0.39 is 30.0 Å². The van der Waals surface area contributed by atoms with Crippen molar-refractivity contribution in [1.29, 1.82) is 0 Å². The SMILES string of the molecule is CCOC(=O)C(C)n1c(=NC(=O)c2cccc(Cl)c2)sc2cc(OC(F)(F)F)ccc21. The summed E-state index contributed by atoms with van der Waals surface area (Å²) in [6.07, 6.45) is -4.85. The van der Waals surface area contributed by atoms with Crippen molar-refractivity contribution in [2.45, 2.75) is 26.3 Å². The lowest BCUT2D eigenvalue weighted by molar-refractivity contribution is -0.274. The predicted molar refractivity (Wildman–Crippen MR) is 109 cm³/mol. The van der Waals surface area contributed by atoms with Gasteiger partial charge in [0.25, 0.3) is 5.91 Å². The first-order chi connectivity index (χ1) is 14.6. The smallest absolute Gasteiger partial charge is 0.464 e. The number of carbonyl (C=O) groups excluding carboxylic acids is 2. The number of halogens is 4. The highest BCUT2D eigenvalue weighted by atomic mass is 35.5. The summed E-state index contributed by atoms with van der Waals surface area (Å²) in [6, 6.07) is 8.94. The van der Waals surface area contributed by atoms with Crippen LogP contribution in [0, 0.1) is 0 Å². The van der Waals surface area contributed by atoms with Crippen molar-refractivity contribution in [2.24, 2.45) is 4.99 Å². The van der Waals surface area contributed by atoms with Crippen LogP contribution < -0.4 is 9.54 Å². The fraction of sp³-hybridized carbons (Fsp3) is 0.250. The van der Waals surface area contributed by atoms with Gasteiger partial charge in [-0.3, -0.25) is 4.79 Å². The quantitative estimate of drug-likeness (QED) is 0.483. The molecule has 3 rings (SSSR count). The molecule has 0 saturated carbocycles. The molecule has 1 amide bonds. The highest BCUT2D eigenvalue weighted by Gasteiger charge is 2.31. The van der Waals surface area contributed by atoms with E-state index >= 15 is 0 Å². The number of alkyl halides is 3. The highest BCUT2D eigenvalue weighted by molar-refractivity contribution is 7.16. The van der Waals surface area contributed by atoms with Gasteiger partial charge in [-0.05, 0) is 50.2 Å². The molecular formula is C20H16ClF3N2O4S. The molecule has 1 unspecified atom stereocenters. The number of nitrogens with zero attached hydrogens (tertiary/aromatic N) is 2. The van der Waals surface area contributed by atoms with E-state index in [9.17, 15) is 22.8 Å². The van der Waals surface area contributed by atoms with Gasteiger partial charge in [-0.1, -0.05) is 29.0 Å². The fourth-order valence-corrected chi connectivity index (χ4v) is 4.13. The largest absolute Gasteiger partial charge is 0.573 e. The summed E-state index contributed by atoms with van der Waals surface area (Å²) in [5.41, 5.74) is 0.624. The number of benzene rings is 2. The Kier molecular flexibility index (Phi) is 6.71. The highest BCUT2D eigenvalue weighted by Crippen LogP contribution is 2.29. The number of aromatic nitrogens is 1. The monoisotopic (exact) mass is 472 g/mol. The Hall–Kier alpha value is -2.85. The van der Waals surface area contributed by atoms with Gasteiger partial charge in [0, 0.05) is 10.6 Å². The number of rotatable bonds is 5. The summed E-state index contributed by atoms with van der Waals surface area (Å²) in [4.78, 5) is 29.2. The van der Waals surface area contributed by atoms with Gasteiger partial charge in [0.15, 0.2) is 4.80 Å². The van der Waals surface area contributed by atoms with Gasteiger partial charge in [-0.2, -0.15) is 4.99 Å². The molecule has 0 bridgehead atoms. The first-order valence-electron chi connectivity index (χ1n) is 9.01. The van der Waals surface area contributed by atoms with Crippen molar-refractivity contribution in [3.05, 3.63) is 57.9 Å². The summed E-state index contributed by atoms with van der Waals surface area (Å²) in [5, 5.41) is 0.346. The van der Waals surface area contributed by atoms with Gasteiger partial charge >= 0.3 is 12.3 Å². The summed E-state index contributed by atoms with van der Waals surface area (Å²) >= 11 is 6.86. The molecule has 3 aromatic rings. The van der Waals surface area contributed by atoms with Crippen LogP contribution in [0.1, 0.15) is 30.2 Å². The second kappa shape index (κ2) is 9.11. The number of thiazole rings is 1. The maximum absolute atomic E-state index is 12.6. The van der Waals surface area contributed by atoms with Gasteiger partial charge in [-0.25, -0.2) is 4.79 Å². The molecule has 0 fully saturated rings. The van der Waals surface area contributed by atoms with Crippen LogP contribution in [0.15, 0.2) is 47.5 Å². The second-order valence-corrected chi connectivity index (χ2v) is 7.73. The molecule has 0 radical (unpaired) electrons. The Bertz CT molecular complexity index is 1200. The lowest BCUT2D eigenvalue weighted by atomic mass is 10.2. The lowest BCUT2D eigenvalue weighted by Crippen LogP contribution is -2.27. The van der Waals surface area contributed by atoms with E-state index in [1.54, 1.807) is 26.0 Å². The van der Waals surface area contributed by atoms with Crippen LogP contribution in [0.4, 0.5) is 13.2 Å². The van der Waals surface area contributed by atoms with Crippen molar-refractivity contribution >= 4 is 45.0 Å². The summed E-state index contributed by atoms with van der Waals surface area (Å²) < 4.78 is 48.5. The van der Waals surface area contributed by atoms with Gasteiger partial charge in [0.2, 0.25) is 0 Å². The Labute approximate surface area is 183 Å². The molecule has 164 valence electrons. The zero-order valence-corrected chi connectivity index (χ0v) is 17.8. The van der Waals surface area contributed by atoms with Gasteiger partial charge < -0.3 is 14.0 Å². The molecule has 0 aliphatic rings. The topological polar surface area (TPSA) is 69.9 Å². The second-order valence-electron chi connectivity index (χ2n) is 6.29. The van der Waals surface area contributed by atoms with Crippen LogP contribution in [0.3, 0.4) is 0 Å². The molecule has 0 N–H and O–H groups in total. The molecule has 6 nitrogen and oxygen atoms in total. The molecule has 0 aliphatic carbocycles. The van der Waals surface area contributed by atoms with Crippen molar-refractivity contribution < 1.29 is 32.2 Å². The summed E-state index contributed by atoms with van der Waals surface area (Å²) in [6.45, 7) is 3.34. The summed E-state index contributed by atoms with van der Waals surface area (Å²) in [7, 11) is 0. The minimum absolute atomic E-state index is 0.115. The first kappa shape index (κ1) is 22.8. The number of ether oxygens (including phenoxy) is 2. The van der Waals surface area contributed by atoms with Gasteiger partial charge in [0.1, 0.15) is 11.8 Å². The third-order valence-electron chi connectivity index (χ3n) is 4.12. The molecule has 31 heavy (non-hydrogen) atoms. The van der Waals surface area contributed by atoms with Crippen molar-refractivity contribution in [1.82, 2.24) is 4.57 Å². The third-order valence-corrected chi connectivity index (χ3v) is 5.37. The van der Waals surface area contributed by atoms with Crippen LogP contribution in [-0.4, -0.2) is 29.4 Å². The Balaban J connectivity index is 2.16. The van der Waals surface area contributed by atoms with E-state index in [4.69, 9.17) is 16.3 Å². The Morgan fingerprint density at radius 2 is 1.97 bits per heavy atom. The number of hydrogen-bond donors (Lipinski definition) is 0. The average molecular weight is 473 g/mol. The van der Waals surface area contributed by atoms with E-state index in [0.717, 1.165) is 17.4 Å². The molecule has 1 aromatic heterocycles. The zero-order valence-electron chi connectivity index (χ0n) is 16.3. The van der Waals surface area contributed by atoms with Crippen molar-refractivity contribution in [3.63, 3.8) is 0 Å². The Morgan fingerprint density at radius 1 is 1.23 bits per heavy atom. The maximum atomic E-state index is 12.6. The number of hydrogen-bond acceptors (Lipinski definition) is 5. The number of amides is 1. The van der Waals surface area contributed by atoms with E-state index in [-0.39, 0.29) is 17.0 Å². The standard InChI is InChI=1S/C20H16ClF3N2O4S/c1-3-29-18(28)11(2)26-15-8-7-14(30-20(22,23)24)10-16(15)31-19(26)25-17(27)12-5-4-6-13(21)9-12/h4-11H,3H2,1-2H3. The predicted octanol–water partition coefficient (Wildman–Crippen LogP) is 5.12. The van der Waals surface area contributed by atoms with E-state index in [1.165, 1.54) is 28.8 Å². The average Bonchev–Trinajstić information content (AvgIpc) is 3.03. The van der Waals surface area contributed by atoms with Gasteiger partial charge in [0.05, 0.1) is 16.8 Å². The van der Waals surface area contributed by atoms with Crippen LogP contribution in [0.25, 0.3) is 10.2 Å². The molecule has 0 saturated heterocycles. The number of fused-ring (bicyclic) bond motifs is 1. The minimum Gasteiger partial charge on any atom is -0.464 e. The van der Waals surface area contributed by atoms with Crippen molar-refractivity contribution in [2.75, 3.05) is 6.61 Å². The molecule has 11 heteroatoms. The third kappa shape index (κ3) is 5.45. The molecule has 1 heterocycles. The van der Waals surface area contributed by atoms with Crippen molar-refractivity contribution in [3.8, 4) is 5.75 Å². The number of carbonyl (C=O) groups is 2. The number of esters is 1. The molecular weight excluding hydrogens is 457 g/mol. The molecule has 2 aromatic carbocycles. The van der Waals surface area contributed by atoms with Gasteiger partial charge in [-0.15, -0.1) is 13.2 Å². The first-order valence-corrected chi connectivity index (χ1v) is 10.2. The van der Waals surface area contributed by atoms with Crippen LogP contribution >= 0.6 is 22.9 Å². The normalized spacial score (nSPS) is 13.3. The molecule has 1 atom stereocenters. The van der Waals surface area contributed by atoms with Crippen LogP contribution in [0.5, 0.6) is 5.75 Å².